The van der Waals surface area contributed by atoms with Crippen molar-refractivity contribution in [1.29, 1.82) is 0 Å². The molecule has 4 amide bonds. The van der Waals surface area contributed by atoms with Gasteiger partial charge in [0, 0.05) is 50.6 Å². The Kier molecular flexibility index (Phi) is 16.4. The number of carbonyl (C=O) groups excluding carboxylic acids is 3. The number of aromatic nitrogens is 2. The molecule has 0 aliphatic carbocycles. The molecule has 0 bridgehead atoms. The normalized spacial score (nSPS) is 12.4. The van der Waals surface area contributed by atoms with E-state index in [4.69, 9.17) is 14.2 Å². The highest BCUT2D eigenvalue weighted by Crippen LogP contribution is 2.22. The molecule has 0 aliphatic heterocycles. The predicted molar refractivity (Wildman–Crippen MR) is 207 cm³/mol. The number of para-hydroxylation sites is 1. The van der Waals surface area contributed by atoms with E-state index < -0.39 is 18.4 Å². The summed E-state index contributed by atoms with van der Waals surface area (Å²) in [5, 5.41) is 16.8. The van der Waals surface area contributed by atoms with E-state index in [-0.39, 0.29) is 62.9 Å². The van der Waals surface area contributed by atoms with Gasteiger partial charge in [-0.05, 0) is 70.4 Å². The zero-order chi connectivity index (χ0) is 36.8. The van der Waals surface area contributed by atoms with Gasteiger partial charge < -0.3 is 35.1 Å². The first kappa shape index (κ1) is 41.8. The summed E-state index contributed by atoms with van der Waals surface area (Å²) in [6, 6.07) is 21.1. The van der Waals surface area contributed by atoms with Gasteiger partial charge in [0.05, 0.1) is 18.3 Å². The molecular formula is C39H54N6O6S. The van der Waals surface area contributed by atoms with Gasteiger partial charge in [-0.2, -0.15) is 18.6 Å². The van der Waals surface area contributed by atoms with E-state index in [0.717, 1.165) is 27.6 Å². The number of hydrogen-bond donors (Lipinski definition) is 4. The second-order valence-corrected chi connectivity index (χ2v) is 13.4. The molecule has 282 valence electrons. The molecule has 52 heavy (non-hydrogen) atoms. The standard InChI is InChI=1S/C39H52N6O6.H2S/c1-7-49-35(50-8-2)26-45(25-31-16-12-15-30-24-41-44-36(30)31)37(47)33(22-28-17-19-32(20-18-28)51-39(4,5)6)43-34(46)21-27(3)42-38(48)40-23-29-13-10-9-11-14-29;/h9-20,24,27,33,35H,7-8,21-23,25-26H2,1-6H3,(H,41,44)(H,43,46)(H2,40,42,48);1H2/t27-,33+;/m1./s1. The first-order chi connectivity index (χ1) is 24.4. The Hall–Kier alpha value is -4.59. The van der Waals surface area contributed by atoms with E-state index >= 15 is 0 Å². The lowest BCUT2D eigenvalue weighted by atomic mass is 10.0. The average molecular weight is 735 g/mol. The average Bonchev–Trinajstić information content (AvgIpc) is 3.57. The van der Waals surface area contributed by atoms with Gasteiger partial charge in [-0.1, -0.05) is 60.7 Å². The smallest absolute Gasteiger partial charge is 0.315 e. The van der Waals surface area contributed by atoms with Crippen LogP contribution in [0.2, 0.25) is 0 Å². The van der Waals surface area contributed by atoms with Crippen molar-refractivity contribution in [1.82, 2.24) is 31.0 Å². The van der Waals surface area contributed by atoms with Crippen LogP contribution in [0.3, 0.4) is 0 Å². The van der Waals surface area contributed by atoms with Gasteiger partial charge in [0.25, 0.3) is 0 Å². The maximum absolute atomic E-state index is 14.6. The van der Waals surface area contributed by atoms with Crippen molar-refractivity contribution in [2.45, 2.75) is 91.4 Å². The van der Waals surface area contributed by atoms with Crippen molar-refractivity contribution in [3.05, 3.63) is 95.7 Å². The van der Waals surface area contributed by atoms with Gasteiger partial charge in [0.2, 0.25) is 11.8 Å². The minimum Gasteiger partial charge on any atom is -0.488 e. The fourth-order valence-corrected chi connectivity index (χ4v) is 5.64. The highest BCUT2D eigenvalue weighted by Gasteiger charge is 2.30. The molecule has 0 saturated carbocycles. The van der Waals surface area contributed by atoms with Crippen molar-refractivity contribution in [2.75, 3.05) is 19.8 Å². The van der Waals surface area contributed by atoms with Crippen molar-refractivity contribution in [3.8, 4) is 5.75 Å². The number of nitrogens with one attached hydrogen (secondary N) is 4. The van der Waals surface area contributed by atoms with Crippen molar-refractivity contribution in [3.63, 3.8) is 0 Å². The number of H-pyrrole nitrogens is 1. The Labute approximate surface area is 313 Å². The molecule has 1 aromatic heterocycles. The molecule has 13 heteroatoms. The number of fused-ring (bicyclic) bond motifs is 1. The Morgan fingerprint density at radius 1 is 0.885 bits per heavy atom. The number of nitrogens with zero attached hydrogens (tertiary/aromatic N) is 2. The van der Waals surface area contributed by atoms with Gasteiger partial charge in [-0.15, -0.1) is 0 Å². The van der Waals surface area contributed by atoms with Crippen LogP contribution in [0.5, 0.6) is 5.75 Å². The molecule has 4 N–H and O–H groups in total. The summed E-state index contributed by atoms with van der Waals surface area (Å²) < 4.78 is 17.7. The number of ether oxygens (including phenoxy) is 3. The number of amides is 4. The van der Waals surface area contributed by atoms with Gasteiger partial charge in [-0.25, -0.2) is 4.79 Å². The second kappa shape index (κ2) is 20.4. The summed E-state index contributed by atoms with van der Waals surface area (Å²) in [4.78, 5) is 42.4. The van der Waals surface area contributed by atoms with Crippen LogP contribution >= 0.6 is 13.5 Å². The molecule has 1 heterocycles. The number of aromatic amines is 1. The Balaban J connectivity index is 0.00000729. The van der Waals surface area contributed by atoms with E-state index in [2.05, 4.69) is 26.1 Å². The first-order valence-electron chi connectivity index (χ1n) is 17.5. The molecule has 0 radical (unpaired) electrons. The van der Waals surface area contributed by atoms with Crippen LogP contribution in [-0.4, -0.2) is 76.7 Å². The van der Waals surface area contributed by atoms with Crippen LogP contribution in [0.1, 0.15) is 64.7 Å². The van der Waals surface area contributed by atoms with E-state index in [1.807, 2.05) is 107 Å². The quantitative estimate of drug-likeness (QED) is 0.0976. The molecule has 0 spiro atoms. The summed E-state index contributed by atoms with van der Waals surface area (Å²) in [6.07, 6.45) is 1.25. The zero-order valence-corrected chi connectivity index (χ0v) is 32.0. The summed E-state index contributed by atoms with van der Waals surface area (Å²) in [5.74, 6) is 0.0216. The van der Waals surface area contributed by atoms with Gasteiger partial charge in [0.15, 0.2) is 6.29 Å². The molecule has 3 aromatic carbocycles. The highest BCUT2D eigenvalue weighted by atomic mass is 32.1. The monoisotopic (exact) mass is 734 g/mol. The fourth-order valence-electron chi connectivity index (χ4n) is 5.64. The van der Waals surface area contributed by atoms with Crippen LogP contribution in [0.15, 0.2) is 79.0 Å². The van der Waals surface area contributed by atoms with Crippen LogP contribution in [-0.2, 0) is 38.6 Å². The maximum Gasteiger partial charge on any atom is 0.315 e. The minimum absolute atomic E-state index is 0. The van der Waals surface area contributed by atoms with Crippen molar-refractivity contribution < 1.29 is 28.6 Å². The molecule has 2 atom stereocenters. The SMILES string of the molecule is CCOC(CN(Cc1cccc2cn[nH]c12)C(=O)[C@H](Cc1ccc(OC(C)(C)C)cc1)NC(=O)C[C@@H](C)NC(=O)NCc1ccccc1)OCC.S. The molecular weight excluding hydrogens is 681 g/mol. The number of urea groups is 1. The van der Waals surface area contributed by atoms with E-state index in [0.29, 0.717) is 25.5 Å². The summed E-state index contributed by atoms with van der Waals surface area (Å²) in [6.45, 7) is 12.9. The van der Waals surface area contributed by atoms with Crippen LogP contribution in [0.25, 0.3) is 10.9 Å². The lowest BCUT2D eigenvalue weighted by Crippen LogP contribution is -2.52. The molecule has 0 fully saturated rings. The van der Waals surface area contributed by atoms with Gasteiger partial charge in [0.1, 0.15) is 17.4 Å². The molecule has 0 unspecified atom stereocenters. The van der Waals surface area contributed by atoms with E-state index in [9.17, 15) is 14.4 Å². The van der Waals surface area contributed by atoms with Crippen LogP contribution in [0.4, 0.5) is 4.79 Å². The molecule has 12 nitrogen and oxygen atoms in total. The molecule has 4 rings (SSSR count). The molecule has 4 aromatic rings. The van der Waals surface area contributed by atoms with Gasteiger partial charge in [-0.3, -0.25) is 14.7 Å². The van der Waals surface area contributed by atoms with Crippen molar-refractivity contribution >= 4 is 42.2 Å². The lowest BCUT2D eigenvalue weighted by Gasteiger charge is -2.31. The number of rotatable bonds is 18. The van der Waals surface area contributed by atoms with Crippen LogP contribution < -0.4 is 20.7 Å². The van der Waals surface area contributed by atoms with Crippen LogP contribution in [0, 0.1) is 0 Å². The second-order valence-electron chi connectivity index (χ2n) is 13.4. The maximum atomic E-state index is 14.6. The minimum atomic E-state index is -0.934. The Morgan fingerprint density at radius 2 is 1.58 bits per heavy atom. The zero-order valence-electron chi connectivity index (χ0n) is 31.0. The van der Waals surface area contributed by atoms with E-state index in [1.165, 1.54) is 0 Å². The first-order valence-corrected chi connectivity index (χ1v) is 17.5. The summed E-state index contributed by atoms with van der Waals surface area (Å²) >= 11 is 0. The topological polar surface area (TPSA) is 147 Å². The van der Waals surface area contributed by atoms with E-state index in [1.54, 1.807) is 18.0 Å². The third kappa shape index (κ3) is 13.5. The van der Waals surface area contributed by atoms with Gasteiger partial charge >= 0.3 is 6.03 Å². The Morgan fingerprint density at radius 3 is 2.23 bits per heavy atom. The number of benzene rings is 3. The fraction of sp³-hybridized carbons (Fsp3) is 0.436. The lowest BCUT2D eigenvalue weighted by molar-refractivity contribution is -0.161. The molecule has 0 saturated heterocycles. The Bertz CT molecular complexity index is 1690. The summed E-state index contributed by atoms with van der Waals surface area (Å²) in [5.41, 5.74) is 3.11. The largest absolute Gasteiger partial charge is 0.488 e. The molecule has 0 aliphatic rings. The third-order valence-electron chi connectivity index (χ3n) is 7.90. The number of carbonyl (C=O) groups is 3. The predicted octanol–water partition coefficient (Wildman–Crippen LogP) is 5.59. The summed E-state index contributed by atoms with van der Waals surface area (Å²) in [7, 11) is 0. The number of hydrogen-bond acceptors (Lipinski definition) is 7. The highest BCUT2D eigenvalue weighted by molar-refractivity contribution is 7.59. The van der Waals surface area contributed by atoms with Crippen molar-refractivity contribution in [2.24, 2.45) is 0 Å². The third-order valence-corrected chi connectivity index (χ3v) is 7.90.